The minimum absolute atomic E-state index is 0.0420. The van der Waals surface area contributed by atoms with Crippen LogP contribution >= 0.6 is 11.6 Å². The zero-order valence-electron chi connectivity index (χ0n) is 13.6. The lowest BCUT2D eigenvalue weighted by Crippen LogP contribution is -2.17. The fraction of sp³-hybridized carbons (Fsp3) is 0.100. The van der Waals surface area contributed by atoms with Crippen LogP contribution in [0.25, 0.3) is 22.4 Å². The van der Waals surface area contributed by atoms with Crippen molar-refractivity contribution in [3.8, 4) is 28.1 Å². The molecule has 0 radical (unpaired) electrons. The minimum Gasteiger partial charge on any atom is -0.420 e. The summed E-state index contributed by atoms with van der Waals surface area (Å²) in [5.41, 5.74) is 2.11. The van der Waals surface area contributed by atoms with E-state index in [0.29, 0.717) is 21.8 Å². The molecule has 126 valence electrons. The van der Waals surface area contributed by atoms with Gasteiger partial charge in [0.15, 0.2) is 0 Å². The lowest BCUT2D eigenvalue weighted by atomic mass is 10.0. The summed E-state index contributed by atoms with van der Waals surface area (Å²) in [5.74, 6) is -0.522. The average molecular weight is 354 g/mol. The number of nitrogens with one attached hydrogen (secondary N) is 1. The first-order valence-electron chi connectivity index (χ1n) is 7.88. The van der Waals surface area contributed by atoms with Crippen molar-refractivity contribution in [2.75, 3.05) is 0 Å². The Hall–Kier alpha value is -2.85. The van der Waals surface area contributed by atoms with Gasteiger partial charge in [0.1, 0.15) is 0 Å². The van der Waals surface area contributed by atoms with Crippen molar-refractivity contribution in [1.29, 1.82) is 0 Å². The summed E-state index contributed by atoms with van der Waals surface area (Å²) in [4.78, 5) is 27.1. The zero-order chi connectivity index (χ0) is 17.8. The van der Waals surface area contributed by atoms with Crippen LogP contribution in [-0.2, 0) is 4.79 Å². The number of H-pyrrole nitrogens is 1. The van der Waals surface area contributed by atoms with Crippen LogP contribution in [0.4, 0.5) is 0 Å². The van der Waals surface area contributed by atoms with Gasteiger partial charge in [-0.3, -0.25) is 9.59 Å². The van der Waals surface area contributed by atoms with Crippen LogP contribution in [0.2, 0.25) is 5.02 Å². The number of hydrogen-bond donors (Lipinski definition) is 1. The molecule has 0 bridgehead atoms. The maximum atomic E-state index is 12.6. The third-order valence-electron chi connectivity index (χ3n) is 3.74. The van der Waals surface area contributed by atoms with Crippen LogP contribution in [0, 0.1) is 0 Å². The van der Waals surface area contributed by atoms with Gasteiger partial charge in [-0.05, 0) is 17.7 Å². The second-order valence-electron chi connectivity index (χ2n) is 5.43. The normalized spacial score (nSPS) is 10.5. The molecule has 0 fully saturated rings. The third kappa shape index (κ3) is 3.64. The molecule has 0 amide bonds. The zero-order valence-corrected chi connectivity index (χ0v) is 14.3. The Kier molecular flexibility index (Phi) is 5.00. The molecule has 1 N–H and O–H groups in total. The molecule has 0 aliphatic heterocycles. The first kappa shape index (κ1) is 17.0. The molecule has 0 atom stereocenters. The fourth-order valence-corrected chi connectivity index (χ4v) is 2.73. The average Bonchev–Trinajstić information content (AvgIpc) is 2.64. The first-order chi connectivity index (χ1) is 12.1. The topological polar surface area (TPSA) is 59.2 Å². The Morgan fingerprint density at radius 1 is 1.04 bits per heavy atom. The van der Waals surface area contributed by atoms with Gasteiger partial charge in [-0.2, -0.15) is 0 Å². The monoisotopic (exact) mass is 353 g/mol. The van der Waals surface area contributed by atoms with E-state index in [-0.39, 0.29) is 12.2 Å². The van der Waals surface area contributed by atoms with Crippen LogP contribution in [0.15, 0.2) is 65.5 Å². The van der Waals surface area contributed by atoms with Gasteiger partial charge in [-0.1, -0.05) is 67.1 Å². The Morgan fingerprint density at radius 2 is 1.72 bits per heavy atom. The molecule has 0 saturated heterocycles. The molecule has 5 heteroatoms. The number of aromatic amines is 1. The molecule has 0 aliphatic rings. The van der Waals surface area contributed by atoms with Crippen LogP contribution in [0.1, 0.15) is 13.3 Å². The summed E-state index contributed by atoms with van der Waals surface area (Å²) in [6, 6.07) is 18.3. The van der Waals surface area contributed by atoms with Crippen molar-refractivity contribution >= 4 is 17.6 Å². The number of pyridine rings is 1. The van der Waals surface area contributed by atoms with E-state index in [9.17, 15) is 9.59 Å². The van der Waals surface area contributed by atoms with Crippen molar-refractivity contribution in [2.45, 2.75) is 13.3 Å². The highest BCUT2D eigenvalue weighted by atomic mass is 35.5. The first-order valence-corrected chi connectivity index (χ1v) is 8.26. The Morgan fingerprint density at radius 3 is 2.40 bits per heavy atom. The standard InChI is InChI=1S/C20H16ClNO3/c1-2-18(23)25-19-15(14-10-6-7-11-16(14)21)12-17(22-20(19)24)13-8-4-3-5-9-13/h3-12H,2H2,1H3,(H,22,24). The number of carbonyl (C=O) groups excluding carboxylic acids is 1. The van der Waals surface area contributed by atoms with E-state index in [2.05, 4.69) is 4.98 Å². The molecule has 1 heterocycles. The van der Waals surface area contributed by atoms with Gasteiger partial charge < -0.3 is 9.72 Å². The predicted octanol–water partition coefficient (Wildman–Crippen LogP) is 4.68. The summed E-state index contributed by atoms with van der Waals surface area (Å²) < 4.78 is 5.28. The van der Waals surface area contributed by atoms with Crippen molar-refractivity contribution in [3.63, 3.8) is 0 Å². The molecule has 2 aromatic carbocycles. The van der Waals surface area contributed by atoms with Gasteiger partial charge in [0.05, 0.1) is 0 Å². The van der Waals surface area contributed by atoms with Crippen molar-refractivity contribution in [1.82, 2.24) is 4.98 Å². The SMILES string of the molecule is CCC(=O)Oc1c(-c2ccccc2Cl)cc(-c2ccccc2)[nH]c1=O. The number of rotatable bonds is 4. The lowest BCUT2D eigenvalue weighted by Gasteiger charge is -2.12. The predicted molar refractivity (Wildman–Crippen MR) is 98.9 cm³/mol. The number of ether oxygens (including phenoxy) is 1. The van der Waals surface area contributed by atoms with Gasteiger partial charge in [-0.15, -0.1) is 0 Å². The van der Waals surface area contributed by atoms with E-state index in [0.717, 1.165) is 5.56 Å². The van der Waals surface area contributed by atoms with E-state index < -0.39 is 11.5 Å². The highest BCUT2D eigenvalue weighted by Crippen LogP contribution is 2.34. The quantitative estimate of drug-likeness (QED) is 0.693. The third-order valence-corrected chi connectivity index (χ3v) is 4.07. The number of esters is 1. The van der Waals surface area contributed by atoms with Gasteiger partial charge in [0.2, 0.25) is 5.75 Å². The molecular formula is C20H16ClNO3. The van der Waals surface area contributed by atoms with E-state index in [1.165, 1.54) is 0 Å². The maximum absolute atomic E-state index is 12.6. The molecule has 4 nitrogen and oxygen atoms in total. The van der Waals surface area contributed by atoms with Crippen molar-refractivity contribution in [3.05, 3.63) is 76.0 Å². The lowest BCUT2D eigenvalue weighted by molar-refractivity contribution is -0.134. The van der Waals surface area contributed by atoms with Crippen molar-refractivity contribution in [2.24, 2.45) is 0 Å². The van der Waals surface area contributed by atoms with Gasteiger partial charge >= 0.3 is 5.97 Å². The summed E-state index contributed by atoms with van der Waals surface area (Å²) >= 11 is 6.30. The molecule has 0 spiro atoms. The molecule has 0 unspecified atom stereocenters. The minimum atomic E-state index is -0.480. The van der Waals surface area contributed by atoms with Crippen LogP contribution in [-0.4, -0.2) is 11.0 Å². The molecule has 25 heavy (non-hydrogen) atoms. The van der Waals surface area contributed by atoms with E-state index in [4.69, 9.17) is 16.3 Å². The fourth-order valence-electron chi connectivity index (χ4n) is 2.49. The molecular weight excluding hydrogens is 338 g/mol. The molecule has 1 aromatic heterocycles. The summed E-state index contributed by atoms with van der Waals surface area (Å²) in [6.45, 7) is 1.67. The van der Waals surface area contributed by atoms with Crippen molar-refractivity contribution < 1.29 is 9.53 Å². The number of carbonyl (C=O) groups is 1. The molecule has 0 saturated carbocycles. The van der Waals surface area contributed by atoms with Gasteiger partial charge in [0, 0.05) is 28.3 Å². The summed E-state index contributed by atoms with van der Waals surface area (Å²) in [6.07, 6.45) is 0.168. The highest BCUT2D eigenvalue weighted by molar-refractivity contribution is 6.33. The molecule has 3 rings (SSSR count). The Bertz CT molecular complexity index is 964. The number of halogens is 1. The summed E-state index contributed by atoms with van der Waals surface area (Å²) in [5, 5.41) is 0.473. The van der Waals surface area contributed by atoms with Crippen LogP contribution in [0.5, 0.6) is 5.75 Å². The second-order valence-corrected chi connectivity index (χ2v) is 5.84. The number of benzene rings is 2. The van der Waals surface area contributed by atoms with E-state index in [1.54, 1.807) is 31.2 Å². The number of hydrogen-bond acceptors (Lipinski definition) is 3. The maximum Gasteiger partial charge on any atom is 0.311 e. The molecule has 3 aromatic rings. The Balaban J connectivity index is 2.24. The van der Waals surface area contributed by atoms with E-state index in [1.807, 2.05) is 36.4 Å². The van der Waals surface area contributed by atoms with Crippen LogP contribution < -0.4 is 10.3 Å². The number of aromatic nitrogens is 1. The Labute approximate surface area is 150 Å². The van der Waals surface area contributed by atoms with Crippen LogP contribution in [0.3, 0.4) is 0 Å². The van der Waals surface area contributed by atoms with Gasteiger partial charge in [-0.25, -0.2) is 0 Å². The molecule has 0 aliphatic carbocycles. The smallest absolute Gasteiger partial charge is 0.311 e. The second kappa shape index (κ2) is 7.36. The summed E-state index contributed by atoms with van der Waals surface area (Å²) in [7, 11) is 0. The largest absolute Gasteiger partial charge is 0.420 e. The van der Waals surface area contributed by atoms with E-state index >= 15 is 0 Å². The van der Waals surface area contributed by atoms with Gasteiger partial charge in [0.25, 0.3) is 5.56 Å². The highest BCUT2D eigenvalue weighted by Gasteiger charge is 2.18.